The van der Waals surface area contributed by atoms with Gasteiger partial charge in [-0.1, -0.05) is 12.1 Å². The number of hydrogen-bond donors (Lipinski definition) is 2. The zero-order valence-electron chi connectivity index (χ0n) is 12.8. The van der Waals surface area contributed by atoms with E-state index in [9.17, 15) is 0 Å². The number of hydrogen-bond acceptors (Lipinski definition) is 4. The van der Waals surface area contributed by atoms with Gasteiger partial charge in [0.25, 0.3) is 0 Å². The molecule has 3 N–H and O–H groups in total. The average molecular weight is 295 g/mol. The zero-order chi connectivity index (χ0) is 15.3. The summed E-state index contributed by atoms with van der Waals surface area (Å²) in [6, 6.07) is 7.85. The lowest BCUT2D eigenvalue weighted by atomic mass is 10.2. The van der Waals surface area contributed by atoms with Crippen LogP contribution in [0.3, 0.4) is 0 Å². The predicted octanol–water partition coefficient (Wildman–Crippen LogP) is 1.15. The summed E-state index contributed by atoms with van der Waals surface area (Å²) < 4.78 is 15.6. The fraction of sp³-hybridized carbons (Fsp3) is 0.533. The van der Waals surface area contributed by atoms with E-state index in [1.165, 1.54) is 0 Å². The largest absolute Gasteiger partial charge is 0.493 e. The smallest absolute Gasteiger partial charge is 0.188 e. The van der Waals surface area contributed by atoms with E-state index >= 15 is 0 Å². The van der Waals surface area contributed by atoms with Crippen molar-refractivity contribution in [1.29, 1.82) is 0 Å². The van der Waals surface area contributed by atoms with Crippen molar-refractivity contribution in [2.24, 2.45) is 10.7 Å². The highest BCUT2D eigenvalue weighted by Gasteiger charge is 1.98. The normalized spacial score (nSPS) is 11.4. The third-order valence-electron chi connectivity index (χ3n) is 2.70. The van der Waals surface area contributed by atoms with Gasteiger partial charge < -0.3 is 25.3 Å². The summed E-state index contributed by atoms with van der Waals surface area (Å²) in [6.07, 6.45) is 0.870. The van der Waals surface area contributed by atoms with E-state index in [-0.39, 0.29) is 0 Å². The minimum Gasteiger partial charge on any atom is -0.493 e. The molecule has 1 aromatic carbocycles. The van der Waals surface area contributed by atoms with E-state index in [1.54, 1.807) is 14.2 Å². The van der Waals surface area contributed by atoms with Crippen LogP contribution in [0.15, 0.2) is 29.3 Å². The molecule has 0 bridgehead atoms. The Bertz CT molecular complexity index is 424. The number of aliphatic imine (C=N–C) groups is 1. The maximum absolute atomic E-state index is 5.75. The average Bonchev–Trinajstić information content (AvgIpc) is 2.50. The first-order chi connectivity index (χ1) is 10.3. The topological polar surface area (TPSA) is 78.1 Å². The molecule has 0 aliphatic heterocycles. The molecule has 0 spiro atoms. The summed E-state index contributed by atoms with van der Waals surface area (Å²) in [5.74, 6) is 1.25. The molecule has 0 unspecified atom stereocenters. The highest BCUT2D eigenvalue weighted by Crippen LogP contribution is 2.14. The fourth-order valence-corrected chi connectivity index (χ4v) is 1.64. The highest BCUT2D eigenvalue weighted by molar-refractivity contribution is 5.77. The summed E-state index contributed by atoms with van der Waals surface area (Å²) >= 11 is 0. The monoisotopic (exact) mass is 295 g/mol. The molecule has 0 radical (unpaired) electrons. The van der Waals surface area contributed by atoms with Gasteiger partial charge in [0.2, 0.25) is 0 Å². The number of nitrogens with zero attached hydrogens (tertiary/aromatic N) is 1. The van der Waals surface area contributed by atoms with Crippen molar-refractivity contribution in [3.05, 3.63) is 29.8 Å². The minimum absolute atomic E-state index is 0.415. The lowest BCUT2D eigenvalue weighted by Gasteiger charge is -2.08. The van der Waals surface area contributed by atoms with Crippen LogP contribution in [0.25, 0.3) is 0 Å². The Morgan fingerprint density at radius 3 is 2.76 bits per heavy atom. The number of guanidine groups is 1. The molecule has 118 valence electrons. The van der Waals surface area contributed by atoms with Gasteiger partial charge >= 0.3 is 0 Å². The molecule has 0 saturated heterocycles. The van der Waals surface area contributed by atoms with Gasteiger partial charge in [0.15, 0.2) is 5.96 Å². The number of methoxy groups -OCH3 is 2. The molecule has 1 rings (SSSR count). The number of benzene rings is 1. The lowest BCUT2D eigenvalue weighted by Crippen LogP contribution is -2.34. The van der Waals surface area contributed by atoms with Crippen LogP contribution in [0.4, 0.5) is 0 Å². The molecule has 0 aliphatic carbocycles. The Balaban J connectivity index is 2.39. The lowest BCUT2D eigenvalue weighted by molar-refractivity contribution is 0.172. The maximum Gasteiger partial charge on any atom is 0.188 e. The first-order valence-corrected chi connectivity index (χ1v) is 6.99. The predicted molar refractivity (Wildman–Crippen MR) is 83.6 cm³/mol. The van der Waals surface area contributed by atoms with Crippen LogP contribution in [0.5, 0.6) is 5.75 Å². The molecule has 6 nitrogen and oxygen atoms in total. The van der Waals surface area contributed by atoms with E-state index in [0.29, 0.717) is 38.9 Å². The second kappa shape index (κ2) is 10.9. The van der Waals surface area contributed by atoms with Crippen molar-refractivity contribution in [3.63, 3.8) is 0 Å². The van der Waals surface area contributed by atoms with Crippen molar-refractivity contribution >= 4 is 5.96 Å². The third-order valence-corrected chi connectivity index (χ3v) is 2.70. The van der Waals surface area contributed by atoms with E-state index < -0.39 is 0 Å². The molecule has 0 saturated carbocycles. The van der Waals surface area contributed by atoms with Crippen LogP contribution < -0.4 is 15.8 Å². The highest BCUT2D eigenvalue weighted by atomic mass is 16.5. The Morgan fingerprint density at radius 1 is 1.19 bits per heavy atom. The minimum atomic E-state index is 0.415. The van der Waals surface area contributed by atoms with Crippen molar-refractivity contribution in [1.82, 2.24) is 5.32 Å². The summed E-state index contributed by atoms with van der Waals surface area (Å²) in [4.78, 5) is 4.27. The molecule has 0 aromatic heterocycles. The van der Waals surface area contributed by atoms with Crippen LogP contribution in [-0.2, 0) is 16.0 Å². The van der Waals surface area contributed by atoms with E-state index in [4.69, 9.17) is 19.9 Å². The third kappa shape index (κ3) is 8.16. The van der Waals surface area contributed by atoms with Crippen molar-refractivity contribution < 1.29 is 14.2 Å². The quantitative estimate of drug-likeness (QED) is 0.385. The van der Waals surface area contributed by atoms with Crippen LogP contribution >= 0.6 is 0 Å². The zero-order valence-corrected chi connectivity index (χ0v) is 12.8. The van der Waals surface area contributed by atoms with Gasteiger partial charge in [0.05, 0.1) is 19.8 Å². The molecular weight excluding hydrogens is 270 g/mol. The summed E-state index contributed by atoms with van der Waals surface area (Å²) in [6.45, 7) is 3.10. The molecule has 1 aromatic rings. The van der Waals surface area contributed by atoms with Crippen molar-refractivity contribution in [2.45, 2.75) is 13.0 Å². The molecular formula is C15H25N3O3. The molecule has 6 heteroatoms. The second-order valence-electron chi connectivity index (χ2n) is 4.46. The van der Waals surface area contributed by atoms with E-state index in [2.05, 4.69) is 10.3 Å². The summed E-state index contributed by atoms with van der Waals surface area (Å²) in [5, 5.41) is 2.97. The van der Waals surface area contributed by atoms with Crippen LogP contribution in [0, 0.1) is 0 Å². The van der Waals surface area contributed by atoms with E-state index in [1.807, 2.05) is 24.3 Å². The molecule has 0 amide bonds. The number of nitrogens with two attached hydrogens (primary N) is 1. The second-order valence-corrected chi connectivity index (χ2v) is 4.46. The van der Waals surface area contributed by atoms with Gasteiger partial charge in [-0.3, -0.25) is 0 Å². The van der Waals surface area contributed by atoms with E-state index in [0.717, 1.165) is 17.7 Å². The molecule has 0 fully saturated rings. The Kier molecular flexibility index (Phi) is 8.99. The first-order valence-electron chi connectivity index (χ1n) is 6.99. The Hall–Kier alpha value is -1.79. The molecule has 0 atom stereocenters. The van der Waals surface area contributed by atoms with Crippen molar-refractivity contribution in [2.75, 3.05) is 40.6 Å². The van der Waals surface area contributed by atoms with Crippen LogP contribution in [-0.4, -0.2) is 46.5 Å². The summed E-state index contributed by atoms with van der Waals surface area (Å²) in [7, 11) is 3.33. The number of ether oxygens (including phenoxy) is 3. The van der Waals surface area contributed by atoms with Gasteiger partial charge in [-0.25, -0.2) is 4.99 Å². The summed E-state index contributed by atoms with van der Waals surface area (Å²) in [5.41, 5.74) is 6.80. The number of rotatable bonds is 10. The SMILES string of the molecule is COCCCOc1cccc(CN=C(N)NCCOC)c1. The van der Waals surface area contributed by atoms with Gasteiger partial charge in [-0.15, -0.1) is 0 Å². The van der Waals surface area contributed by atoms with Crippen LogP contribution in [0.2, 0.25) is 0 Å². The molecule has 21 heavy (non-hydrogen) atoms. The Labute approximate surface area is 126 Å². The standard InChI is InChI=1S/C15H25N3O3/c1-19-8-4-9-21-14-6-3-5-13(11-14)12-18-15(16)17-7-10-20-2/h3,5-6,11H,4,7-10,12H2,1-2H3,(H3,16,17,18). The van der Waals surface area contributed by atoms with Crippen molar-refractivity contribution in [3.8, 4) is 5.75 Å². The van der Waals surface area contributed by atoms with Gasteiger partial charge in [0, 0.05) is 33.8 Å². The Morgan fingerprint density at radius 2 is 2.00 bits per heavy atom. The number of nitrogens with one attached hydrogen (secondary N) is 1. The van der Waals surface area contributed by atoms with Gasteiger partial charge in [0.1, 0.15) is 5.75 Å². The van der Waals surface area contributed by atoms with Crippen LogP contribution in [0.1, 0.15) is 12.0 Å². The molecule has 0 heterocycles. The van der Waals surface area contributed by atoms with Gasteiger partial charge in [-0.05, 0) is 17.7 Å². The fourth-order valence-electron chi connectivity index (χ4n) is 1.64. The first kappa shape index (κ1) is 17.3. The maximum atomic E-state index is 5.75. The van der Waals surface area contributed by atoms with Gasteiger partial charge in [-0.2, -0.15) is 0 Å². The molecule has 0 aliphatic rings.